The molecular formula is C14H9N5O. The number of rotatable bonds is 2. The number of pyridine rings is 1. The predicted octanol–water partition coefficient (Wildman–Crippen LogP) is 2.27. The molecule has 2 aromatic heterocycles. The van der Waals surface area contributed by atoms with Gasteiger partial charge >= 0.3 is 0 Å². The Labute approximate surface area is 114 Å². The normalized spacial score (nSPS) is 10.2. The predicted molar refractivity (Wildman–Crippen MR) is 73.0 cm³/mol. The summed E-state index contributed by atoms with van der Waals surface area (Å²) in [5, 5.41) is 17.3. The van der Waals surface area contributed by atoms with E-state index in [4.69, 9.17) is 15.7 Å². The molecule has 0 bridgehead atoms. The number of benzene rings is 1. The van der Waals surface area contributed by atoms with Crippen molar-refractivity contribution in [3.8, 4) is 17.7 Å². The summed E-state index contributed by atoms with van der Waals surface area (Å²) in [6.07, 6.45) is 3.10. The molecule has 0 unspecified atom stereocenters. The molecule has 2 heterocycles. The summed E-state index contributed by atoms with van der Waals surface area (Å²) in [6, 6.07) is 10.6. The second-order valence-corrected chi connectivity index (χ2v) is 4.02. The van der Waals surface area contributed by atoms with Crippen LogP contribution in [0.3, 0.4) is 0 Å². The van der Waals surface area contributed by atoms with E-state index >= 15 is 0 Å². The molecule has 0 aliphatic carbocycles. The summed E-state index contributed by atoms with van der Waals surface area (Å²) in [6.45, 7) is 0. The fourth-order valence-electron chi connectivity index (χ4n) is 1.84. The van der Waals surface area contributed by atoms with E-state index in [0.29, 0.717) is 22.5 Å². The van der Waals surface area contributed by atoms with Crippen LogP contribution in [0.4, 0.5) is 5.69 Å². The lowest BCUT2D eigenvalue weighted by atomic mass is 10.2. The Hall–Kier alpha value is -3.20. The summed E-state index contributed by atoms with van der Waals surface area (Å²) in [5.41, 5.74) is 7.40. The second-order valence-electron chi connectivity index (χ2n) is 4.02. The van der Waals surface area contributed by atoms with E-state index in [1.165, 1.54) is 6.20 Å². The number of ether oxygens (including phenoxy) is 1. The van der Waals surface area contributed by atoms with Gasteiger partial charge in [0.1, 0.15) is 17.4 Å². The molecule has 3 rings (SSSR count). The van der Waals surface area contributed by atoms with E-state index in [1.807, 2.05) is 12.1 Å². The lowest BCUT2D eigenvalue weighted by Gasteiger charge is -2.09. The molecule has 6 heteroatoms. The van der Waals surface area contributed by atoms with Crippen molar-refractivity contribution in [3.05, 3.63) is 48.3 Å². The van der Waals surface area contributed by atoms with Crippen LogP contribution in [-0.2, 0) is 0 Å². The van der Waals surface area contributed by atoms with Crippen molar-refractivity contribution in [2.45, 2.75) is 0 Å². The van der Waals surface area contributed by atoms with Gasteiger partial charge in [-0.25, -0.2) is 0 Å². The zero-order chi connectivity index (χ0) is 13.9. The third-order valence-electron chi connectivity index (χ3n) is 2.77. The molecule has 0 atom stereocenters. The molecule has 0 fully saturated rings. The van der Waals surface area contributed by atoms with Crippen molar-refractivity contribution >= 4 is 16.6 Å². The van der Waals surface area contributed by atoms with Gasteiger partial charge in [-0.3, -0.25) is 4.98 Å². The molecule has 20 heavy (non-hydrogen) atoms. The minimum Gasteiger partial charge on any atom is -0.436 e. The van der Waals surface area contributed by atoms with Gasteiger partial charge in [-0.1, -0.05) is 0 Å². The molecule has 0 amide bonds. The summed E-state index contributed by atoms with van der Waals surface area (Å²) in [5.74, 6) is 0.684. The van der Waals surface area contributed by atoms with Crippen molar-refractivity contribution in [1.82, 2.24) is 15.2 Å². The molecule has 1 aromatic carbocycles. The van der Waals surface area contributed by atoms with E-state index in [0.717, 1.165) is 5.39 Å². The molecule has 96 valence electrons. The molecule has 2 N–H and O–H groups in total. The van der Waals surface area contributed by atoms with Crippen molar-refractivity contribution in [1.29, 1.82) is 5.26 Å². The van der Waals surface area contributed by atoms with Gasteiger partial charge in [0.15, 0.2) is 0 Å². The molecule has 6 nitrogen and oxygen atoms in total. The monoisotopic (exact) mass is 263 g/mol. The summed E-state index contributed by atoms with van der Waals surface area (Å²) >= 11 is 0. The highest BCUT2D eigenvalue weighted by molar-refractivity contribution is 5.93. The van der Waals surface area contributed by atoms with Crippen LogP contribution in [0.2, 0.25) is 0 Å². The molecule has 0 aliphatic rings. The number of fused-ring (bicyclic) bond motifs is 1. The average Bonchev–Trinajstić information content (AvgIpc) is 2.51. The van der Waals surface area contributed by atoms with Crippen LogP contribution in [0.1, 0.15) is 5.56 Å². The number of hydrogen-bond donors (Lipinski definition) is 1. The minimum atomic E-state index is 0.157. The van der Waals surface area contributed by atoms with Gasteiger partial charge in [0.25, 0.3) is 5.88 Å². The quantitative estimate of drug-likeness (QED) is 0.712. The number of nitrogens with two attached hydrogens (primary N) is 1. The Balaban J connectivity index is 2.12. The molecule has 3 aromatic rings. The Morgan fingerprint density at radius 3 is 2.90 bits per heavy atom. The zero-order valence-corrected chi connectivity index (χ0v) is 10.3. The minimum absolute atomic E-state index is 0.157. The van der Waals surface area contributed by atoms with Gasteiger partial charge in [-0.05, 0) is 30.3 Å². The smallest absolute Gasteiger partial charge is 0.256 e. The standard InChI is InChI=1S/C14H9N5O/c15-8-9-5-7-18-19-14(9)20-12-4-3-11(16)13-10(12)2-1-6-17-13/h1-7H,16H2. The number of nitriles is 1. The Kier molecular flexibility index (Phi) is 2.86. The largest absolute Gasteiger partial charge is 0.436 e. The third-order valence-corrected chi connectivity index (χ3v) is 2.77. The van der Waals surface area contributed by atoms with Crippen LogP contribution in [0.5, 0.6) is 11.6 Å². The second kappa shape index (κ2) is 4.82. The highest BCUT2D eigenvalue weighted by Gasteiger charge is 2.10. The van der Waals surface area contributed by atoms with Crippen LogP contribution < -0.4 is 10.5 Å². The average molecular weight is 263 g/mol. The topological polar surface area (TPSA) is 97.7 Å². The van der Waals surface area contributed by atoms with Crippen LogP contribution in [0.15, 0.2) is 42.7 Å². The maximum absolute atomic E-state index is 9.02. The molecule has 0 aliphatic heterocycles. The maximum atomic E-state index is 9.02. The van der Waals surface area contributed by atoms with Crippen molar-refractivity contribution < 1.29 is 4.74 Å². The number of nitrogens with zero attached hydrogens (tertiary/aromatic N) is 4. The Morgan fingerprint density at radius 1 is 1.15 bits per heavy atom. The first kappa shape index (κ1) is 11.9. The fourth-order valence-corrected chi connectivity index (χ4v) is 1.84. The number of aromatic nitrogens is 3. The fraction of sp³-hybridized carbons (Fsp3) is 0. The number of nitrogen functional groups attached to an aromatic ring is 1. The molecule has 0 saturated heterocycles. The van der Waals surface area contributed by atoms with Crippen LogP contribution in [-0.4, -0.2) is 15.2 Å². The van der Waals surface area contributed by atoms with Crippen molar-refractivity contribution in [2.75, 3.05) is 5.73 Å². The van der Waals surface area contributed by atoms with Crippen LogP contribution in [0, 0.1) is 11.3 Å². The van der Waals surface area contributed by atoms with Gasteiger partial charge < -0.3 is 10.5 Å². The van der Waals surface area contributed by atoms with E-state index < -0.39 is 0 Å². The van der Waals surface area contributed by atoms with Crippen LogP contribution in [0.25, 0.3) is 10.9 Å². The third kappa shape index (κ3) is 1.97. The van der Waals surface area contributed by atoms with E-state index in [1.54, 1.807) is 30.5 Å². The van der Waals surface area contributed by atoms with Gasteiger partial charge in [0.2, 0.25) is 0 Å². The SMILES string of the molecule is N#Cc1ccnnc1Oc1ccc(N)c2ncccc12. The molecule has 0 saturated carbocycles. The van der Waals surface area contributed by atoms with E-state index in [2.05, 4.69) is 15.2 Å². The summed E-state index contributed by atoms with van der Waals surface area (Å²) < 4.78 is 5.68. The molecule has 0 radical (unpaired) electrons. The molecular weight excluding hydrogens is 254 g/mol. The van der Waals surface area contributed by atoms with Crippen molar-refractivity contribution in [2.24, 2.45) is 0 Å². The first-order valence-corrected chi connectivity index (χ1v) is 5.82. The van der Waals surface area contributed by atoms with Crippen molar-refractivity contribution in [3.63, 3.8) is 0 Å². The van der Waals surface area contributed by atoms with Gasteiger partial charge in [0, 0.05) is 11.6 Å². The molecule has 0 spiro atoms. The zero-order valence-electron chi connectivity index (χ0n) is 10.3. The highest BCUT2D eigenvalue weighted by atomic mass is 16.5. The van der Waals surface area contributed by atoms with E-state index in [9.17, 15) is 0 Å². The van der Waals surface area contributed by atoms with Gasteiger partial charge in [0.05, 0.1) is 17.4 Å². The Bertz CT molecular complexity index is 825. The highest BCUT2D eigenvalue weighted by Crippen LogP contribution is 2.31. The number of anilines is 1. The Morgan fingerprint density at radius 2 is 2.05 bits per heavy atom. The lowest BCUT2D eigenvalue weighted by molar-refractivity contribution is 0.458. The van der Waals surface area contributed by atoms with Crippen LogP contribution >= 0.6 is 0 Å². The summed E-state index contributed by atoms with van der Waals surface area (Å²) in [4.78, 5) is 4.22. The first-order chi connectivity index (χ1) is 9.79. The van der Waals surface area contributed by atoms with E-state index in [-0.39, 0.29) is 5.88 Å². The van der Waals surface area contributed by atoms with Gasteiger partial charge in [-0.2, -0.15) is 10.4 Å². The number of hydrogen-bond acceptors (Lipinski definition) is 6. The summed E-state index contributed by atoms with van der Waals surface area (Å²) in [7, 11) is 0. The lowest BCUT2D eigenvalue weighted by Crippen LogP contribution is -1.96. The first-order valence-electron chi connectivity index (χ1n) is 5.82. The maximum Gasteiger partial charge on any atom is 0.256 e. The van der Waals surface area contributed by atoms with Gasteiger partial charge in [-0.15, -0.1) is 5.10 Å².